The second-order valence-corrected chi connectivity index (χ2v) is 40.5. The van der Waals surface area contributed by atoms with Crippen molar-refractivity contribution >= 4 is 240 Å². The number of anilines is 12. The van der Waals surface area contributed by atoms with E-state index in [1.807, 2.05) is 46.9 Å². The summed E-state index contributed by atoms with van der Waals surface area (Å²) in [6.45, 7) is 9.18. The van der Waals surface area contributed by atoms with Crippen LogP contribution in [-0.4, -0.2) is 0 Å². The largest absolute Gasteiger partial charge is 0.455 e. The standard InChI is InChI=1S/C72H54N2S2.C64H40N2O2/c1-45(2)47-21-13-25-53(39-47)73(55-27-15-23-49(41-55)59-33-17-35-63-61-31-9-11-37-67(61)75-71(59)63)69-57-29-7-5-19-51(57)44-66-65(69)43-52-20-6-8-30-58(52)70(66)74(54-26-14-22-48(40-54)46(3)4)56-28-16-24-50(42-56)60-34-18-36-64-62-32-10-12-38-68(62)76-72(60)64;1-3-17-45(18-4-1)65(47-21-11-15-43(39-47)49-25-13-27-53-51-23-7-9-29-59(51)67-63(49)53)57-37-33-41-32-36-56-58(38-34-42-31-35-55(57)61(41)62(42)56)66(46-19-5-2-6-20-46)48-22-12-16-44(40-48)50-26-14-28-54-52-24-8-10-30-60(52)68-64(50)54/h5-46H,1-4H3;1-40H. The summed E-state index contributed by atoms with van der Waals surface area (Å²) in [5.41, 5.74) is 28.6. The molecule has 24 aromatic carbocycles. The van der Waals surface area contributed by atoms with E-state index in [0.29, 0.717) is 11.8 Å². The summed E-state index contributed by atoms with van der Waals surface area (Å²) in [6, 6.07) is 178. The molecule has 0 radical (unpaired) electrons. The fraction of sp³-hybridized carbons (Fsp3) is 0.0441. The van der Waals surface area contributed by atoms with Gasteiger partial charge in [0, 0.05) is 151 Å². The minimum Gasteiger partial charge on any atom is -0.455 e. The molecular weight excluding hydrogens is 1790 g/mol. The van der Waals surface area contributed by atoms with Crippen molar-refractivity contribution in [3.63, 3.8) is 0 Å². The highest BCUT2D eigenvalue weighted by atomic mass is 32.1. The van der Waals surface area contributed by atoms with Crippen molar-refractivity contribution in [2.45, 2.75) is 39.5 Å². The lowest BCUT2D eigenvalue weighted by atomic mass is 9.91. The lowest BCUT2D eigenvalue weighted by molar-refractivity contribution is 0.669. The van der Waals surface area contributed by atoms with Crippen LogP contribution in [0, 0.1) is 0 Å². The highest BCUT2D eigenvalue weighted by Crippen LogP contribution is 2.56. The van der Waals surface area contributed by atoms with Crippen LogP contribution in [0.25, 0.3) is 193 Å². The lowest BCUT2D eigenvalue weighted by Gasteiger charge is -2.32. The van der Waals surface area contributed by atoms with Gasteiger partial charge in [-0.1, -0.05) is 367 Å². The molecule has 0 atom stereocenters. The van der Waals surface area contributed by atoms with Crippen LogP contribution in [0.1, 0.15) is 50.7 Å². The van der Waals surface area contributed by atoms with Gasteiger partial charge >= 0.3 is 0 Å². The van der Waals surface area contributed by atoms with Gasteiger partial charge in [0.1, 0.15) is 22.3 Å². The summed E-state index contributed by atoms with van der Waals surface area (Å²) >= 11 is 3.77. The van der Waals surface area contributed by atoms with Gasteiger partial charge < -0.3 is 28.4 Å². The minimum absolute atomic E-state index is 0.343. The number of hydrogen-bond acceptors (Lipinski definition) is 8. The number of hydrogen-bond donors (Lipinski definition) is 0. The lowest BCUT2D eigenvalue weighted by Crippen LogP contribution is -2.14. The molecule has 0 saturated carbocycles. The van der Waals surface area contributed by atoms with E-state index in [0.717, 1.165) is 134 Å². The first-order valence-corrected chi connectivity index (χ1v) is 51.3. The van der Waals surface area contributed by atoms with Crippen LogP contribution in [0.5, 0.6) is 0 Å². The second-order valence-electron chi connectivity index (χ2n) is 38.4. The van der Waals surface area contributed by atoms with Gasteiger partial charge in [-0.2, -0.15) is 0 Å². The number of fused-ring (bicyclic) bond motifs is 15. The van der Waals surface area contributed by atoms with Crippen LogP contribution in [0.4, 0.5) is 68.2 Å². The Labute approximate surface area is 842 Å². The molecule has 0 fully saturated rings. The van der Waals surface area contributed by atoms with Gasteiger partial charge in [-0.3, -0.25) is 0 Å². The summed E-state index contributed by atoms with van der Waals surface area (Å²) in [6.07, 6.45) is 0. The van der Waals surface area contributed by atoms with Gasteiger partial charge in [-0.15, -0.1) is 22.7 Å². The van der Waals surface area contributed by atoms with E-state index in [1.165, 1.54) is 138 Å². The molecule has 0 aliphatic carbocycles. The molecule has 0 saturated heterocycles. The fourth-order valence-electron chi connectivity index (χ4n) is 22.5. The average molecular weight is 1880 g/mol. The van der Waals surface area contributed by atoms with Crippen molar-refractivity contribution < 1.29 is 8.83 Å². The molecule has 0 N–H and O–H groups in total. The Morgan fingerprint density at radius 2 is 0.500 bits per heavy atom. The number of furan rings is 2. The molecule has 144 heavy (non-hydrogen) atoms. The Morgan fingerprint density at radius 1 is 0.194 bits per heavy atom. The predicted molar refractivity (Wildman–Crippen MR) is 618 cm³/mol. The maximum atomic E-state index is 6.54. The molecule has 8 heteroatoms. The summed E-state index contributed by atoms with van der Waals surface area (Å²) in [7, 11) is 0. The van der Waals surface area contributed by atoms with Crippen molar-refractivity contribution in [2.75, 3.05) is 19.6 Å². The van der Waals surface area contributed by atoms with Gasteiger partial charge in [0.2, 0.25) is 0 Å². The van der Waals surface area contributed by atoms with Gasteiger partial charge in [-0.05, 0) is 234 Å². The molecular formula is C136H94N4O2S2. The molecule has 4 aromatic heterocycles. The van der Waals surface area contributed by atoms with Gasteiger partial charge in [0.05, 0.1) is 22.7 Å². The number of rotatable bonds is 18. The Hall–Kier alpha value is -17.7. The molecule has 0 aliphatic heterocycles. The van der Waals surface area contributed by atoms with Crippen molar-refractivity contribution in [3.8, 4) is 44.5 Å². The zero-order valence-electron chi connectivity index (χ0n) is 79.8. The summed E-state index contributed by atoms with van der Waals surface area (Å²) in [4.78, 5) is 9.91. The molecule has 6 nitrogen and oxygen atoms in total. The van der Waals surface area contributed by atoms with Crippen molar-refractivity contribution in [3.05, 3.63) is 496 Å². The van der Waals surface area contributed by atoms with Gasteiger partial charge in [-0.25, -0.2) is 0 Å². The molecule has 0 unspecified atom stereocenters. The maximum Gasteiger partial charge on any atom is 0.143 e. The molecule has 682 valence electrons. The van der Waals surface area contributed by atoms with Gasteiger partial charge in [0.15, 0.2) is 0 Å². The minimum atomic E-state index is 0.343. The van der Waals surface area contributed by atoms with E-state index in [9.17, 15) is 0 Å². The highest BCUT2D eigenvalue weighted by Gasteiger charge is 2.30. The van der Waals surface area contributed by atoms with Crippen LogP contribution in [-0.2, 0) is 0 Å². The van der Waals surface area contributed by atoms with Crippen molar-refractivity contribution in [1.29, 1.82) is 0 Å². The van der Waals surface area contributed by atoms with Crippen LogP contribution >= 0.6 is 22.7 Å². The molecule has 28 rings (SSSR count). The average Bonchev–Trinajstić information content (AvgIpc) is 0.842. The van der Waals surface area contributed by atoms with E-state index < -0.39 is 0 Å². The number of para-hydroxylation sites is 6. The molecule has 28 aromatic rings. The normalized spacial score (nSPS) is 11.9. The smallest absolute Gasteiger partial charge is 0.143 e. The fourth-order valence-corrected chi connectivity index (χ4v) is 25.0. The molecule has 0 amide bonds. The third kappa shape index (κ3) is 14.6. The Morgan fingerprint density at radius 3 is 0.910 bits per heavy atom. The molecule has 4 heterocycles. The van der Waals surface area contributed by atoms with E-state index >= 15 is 0 Å². The topological polar surface area (TPSA) is 39.2 Å². The summed E-state index contributed by atoms with van der Waals surface area (Å²) in [5.74, 6) is 0.686. The zero-order chi connectivity index (χ0) is 95.7. The van der Waals surface area contributed by atoms with Crippen LogP contribution < -0.4 is 19.6 Å². The van der Waals surface area contributed by atoms with Crippen LogP contribution in [0.2, 0.25) is 0 Å². The van der Waals surface area contributed by atoms with E-state index in [-0.39, 0.29) is 0 Å². The van der Waals surface area contributed by atoms with Crippen LogP contribution in [0.15, 0.2) is 494 Å². The van der Waals surface area contributed by atoms with Crippen molar-refractivity contribution in [2.24, 2.45) is 0 Å². The third-order valence-corrected chi connectivity index (χ3v) is 31.7. The first kappa shape index (κ1) is 85.5. The Balaban J connectivity index is 0.000000144. The molecule has 0 bridgehead atoms. The zero-order valence-corrected chi connectivity index (χ0v) is 81.4. The number of benzene rings is 24. The quantitative estimate of drug-likeness (QED) is 0.0630. The summed E-state index contributed by atoms with van der Waals surface area (Å²) < 4.78 is 18.3. The van der Waals surface area contributed by atoms with E-state index in [1.54, 1.807) is 0 Å². The molecule has 0 spiro atoms. The summed E-state index contributed by atoms with van der Waals surface area (Å²) in [5, 5.41) is 24.0. The van der Waals surface area contributed by atoms with Crippen molar-refractivity contribution in [1.82, 2.24) is 0 Å². The Bertz CT molecular complexity index is 9370. The SMILES string of the molecule is CC(C)c1cccc(N(c2cccc(-c3cccc4c3sc3ccccc34)c2)c2c3ccccc3cc3c(N(c4cccc(-c5cccc6c5sc5ccccc56)c4)c4cccc(C(C)C)c4)c4ccccc4cc23)c1.c1ccc(N(c2cccc(-c3cccc4c3oc3ccccc34)c2)c2ccc3ccc4c(N(c5ccccc5)c5cccc(-c6cccc7c6oc6ccccc67)c5)ccc5ccc2c3c54)cc1. The number of nitrogens with zero attached hydrogens (tertiary/aromatic N) is 4. The first-order chi connectivity index (χ1) is 71.1. The van der Waals surface area contributed by atoms with Gasteiger partial charge in [0.25, 0.3) is 0 Å². The third-order valence-electron chi connectivity index (χ3n) is 29.3. The molecule has 0 aliphatic rings. The maximum absolute atomic E-state index is 6.54. The first-order valence-electron chi connectivity index (χ1n) is 49.7. The monoisotopic (exact) mass is 1880 g/mol. The van der Waals surface area contributed by atoms with E-state index in [2.05, 4.69) is 508 Å². The van der Waals surface area contributed by atoms with Crippen LogP contribution in [0.3, 0.4) is 0 Å². The predicted octanol–water partition coefficient (Wildman–Crippen LogP) is 41.1. The second kappa shape index (κ2) is 35.3. The van der Waals surface area contributed by atoms with E-state index in [4.69, 9.17) is 8.83 Å². The highest BCUT2D eigenvalue weighted by molar-refractivity contribution is 7.26. The Kier molecular flexibility index (Phi) is 21.0. The number of thiophene rings is 2.